The quantitative estimate of drug-likeness (QED) is 0.859. The highest BCUT2D eigenvalue weighted by Gasteiger charge is 2.19. The zero-order valence-electron chi connectivity index (χ0n) is 12.1. The zero-order valence-corrected chi connectivity index (χ0v) is 12.9. The molecule has 0 aliphatic heterocycles. The molecule has 0 saturated carbocycles. The van der Waals surface area contributed by atoms with E-state index < -0.39 is 10.0 Å². The number of sulfonamides is 1. The van der Waals surface area contributed by atoms with E-state index in [1.54, 1.807) is 29.7 Å². The van der Waals surface area contributed by atoms with Crippen molar-refractivity contribution in [2.24, 2.45) is 0 Å². The normalized spacial score (nSPS) is 11.4. The minimum atomic E-state index is -3.76. The van der Waals surface area contributed by atoms with Crippen molar-refractivity contribution in [3.8, 4) is 0 Å². The molecule has 1 aromatic carbocycles. The third-order valence-corrected chi connectivity index (χ3v) is 4.34. The summed E-state index contributed by atoms with van der Waals surface area (Å²) in [7, 11) is -3.76. The van der Waals surface area contributed by atoms with Gasteiger partial charge in [-0.05, 0) is 32.9 Å². The van der Waals surface area contributed by atoms with Crippen molar-refractivity contribution in [3.05, 3.63) is 41.9 Å². The van der Waals surface area contributed by atoms with E-state index in [0.29, 0.717) is 23.6 Å². The van der Waals surface area contributed by atoms with Crippen LogP contribution in [0.3, 0.4) is 0 Å². The summed E-state index contributed by atoms with van der Waals surface area (Å²) in [5, 5.41) is -0.0323. The maximum Gasteiger partial charge on any atom is 0.280 e. The number of hydrogen-bond acceptors (Lipinski definition) is 4. The Morgan fingerprint density at radius 3 is 2.67 bits per heavy atom. The Balaban J connectivity index is 2.32. The van der Waals surface area contributed by atoms with Gasteiger partial charge in [-0.15, -0.1) is 0 Å². The van der Waals surface area contributed by atoms with Crippen molar-refractivity contribution in [1.82, 2.24) is 9.55 Å². The molecule has 0 amide bonds. The van der Waals surface area contributed by atoms with Crippen LogP contribution in [0.2, 0.25) is 0 Å². The number of carbonyl (C=O) groups excluding carboxylic acids is 1. The third-order valence-electron chi connectivity index (χ3n) is 3.09. The van der Waals surface area contributed by atoms with Gasteiger partial charge in [-0.2, -0.15) is 8.42 Å². The second-order valence-electron chi connectivity index (χ2n) is 4.65. The SMILES string of the molecule is CCn1cc(S(=O)(=O)Nc2cccc(C(C)=O)c2)nc1C. The number of hydrogen-bond donors (Lipinski definition) is 1. The maximum atomic E-state index is 12.3. The summed E-state index contributed by atoms with van der Waals surface area (Å²) in [4.78, 5) is 15.4. The number of anilines is 1. The molecule has 21 heavy (non-hydrogen) atoms. The van der Waals surface area contributed by atoms with Crippen LogP contribution < -0.4 is 4.72 Å². The fourth-order valence-corrected chi connectivity index (χ4v) is 3.00. The van der Waals surface area contributed by atoms with Gasteiger partial charge >= 0.3 is 0 Å². The molecule has 0 atom stereocenters. The van der Waals surface area contributed by atoms with E-state index in [4.69, 9.17) is 0 Å². The molecule has 2 rings (SSSR count). The minimum absolute atomic E-state index is 0.0323. The summed E-state index contributed by atoms with van der Waals surface area (Å²) in [6, 6.07) is 6.36. The van der Waals surface area contributed by atoms with Crippen LogP contribution in [0.5, 0.6) is 0 Å². The van der Waals surface area contributed by atoms with E-state index in [1.165, 1.54) is 19.2 Å². The van der Waals surface area contributed by atoms with Gasteiger partial charge in [0.25, 0.3) is 10.0 Å². The van der Waals surface area contributed by atoms with Crippen LogP contribution in [0.25, 0.3) is 0 Å². The second kappa shape index (κ2) is 5.69. The number of aryl methyl sites for hydroxylation is 2. The molecule has 0 bridgehead atoms. The Morgan fingerprint density at radius 1 is 1.38 bits per heavy atom. The molecule has 112 valence electrons. The first kappa shape index (κ1) is 15.2. The van der Waals surface area contributed by atoms with Gasteiger partial charge in [0.1, 0.15) is 5.82 Å². The van der Waals surface area contributed by atoms with Gasteiger partial charge in [0, 0.05) is 24.0 Å². The van der Waals surface area contributed by atoms with E-state index in [0.717, 1.165) is 0 Å². The lowest BCUT2D eigenvalue weighted by Crippen LogP contribution is -2.13. The average Bonchev–Trinajstić information content (AvgIpc) is 2.80. The smallest absolute Gasteiger partial charge is 0.280 e. The van der Waals surface area contributed by atoms with Gasteiger partial charge in [0.05, 0.1) is 0 Å². The first-order valence-corrected chi connectivity index (χ1v) is 7.99. The lowest BCUT2D eigenvalue weighted by atomic mass is 10.1. The highest BCUT2D eigenvalue weighted by atomic mass is 32.2. The van der Waals surface area contributed by atoms with Crippen LogP contribution in [0.1, 0.15) is 30.0 Å². The Bertz CT molecular complexity index is 779. The van der Waals surface area contributed by atoms with Crippen LogP contribution in [0.4, 0.5) is 5.69 Å². The van der Waals surface area contributed by atoms with E-state index in [1.807, 2.05) is 6.92 Å². The lowest BCUT2D eigenvalue weighted by molar-refractivity contribution is 0.101. The highest BCUT2D eigenvalue weighted by molar-refractivity contribution is 7.92. The van der Waals surface area contributed by atoms with Gasteiger partial charge < -0.3 is 4.57 Å². The van der Waals surface area contributed by atoms with Crippen LogP contribution in [-0.2, 0) is 16.6 Å². The van der Waals surface area contributed by atoms with E-state index in [-0.39, 0.29) is 10.8 Å². The van der Waals surface area contributed by atoms with Crippen LogP contribution in [0, 0.1) is 6.92 Å². The predicted molar refractivity (Wildman–Crippen MR) is 79.9 cm³/mol. The molecule has 0 aliphatic carbocycles. The maximum absolute atomic E-state index is 12.3. The third kappa shape index (κ3) is 3.30. The average molecular weight is 307 g/mol. The minimum Gasteiger partial charge on any atom is -0.334 e. The molecular formula is C14H17N3O3S. The fourth-order valence-electron chi connectivity index (χ4n) is 1.94. The summed E-state index contributed by atoms with van der Waals surface area (Å²) >= 11 is 0. The number of aromatic nitrogens is 2. The Hall–Kier alpha value is -2.15. The van der Waals surface area contributed by atoms with E-state index in [2.05, 4.69) is 9.71 Å². The van der Waals surface area contributed by atoms with Crippen molar-refractivity contribution in [2.45, 2.75) is 32.3 Å². The van der Waals surface area contributed by atoms with Crippen molar-refractivity contribution in [1.29, 1.82) is 0 Å². The number of Topliss-reactive ketones (excluding diaryl/α,β-unsaturated/α-hetero) is 1. The summed E-state index contributed by atoms with van der Waals surface area (Å²) < 4.78 is 28.8. The molecule has 1 aromatic heterocycles. The molecule has 0 aliphatic rings. The molecular weight excluding hydrogens is 290 g/mol. The summed E-state index contributed by atoms with van der Waals surface area (Å²) in [5.41, 5.74) is 0.789. The first-order chi connectivity index (χ1) is 9.83. The van der Waals surface area contributed by atoms with Crippen molar-refractivity contribution in [3.63, 3.8) is 0 Å². The molecule has 1 N–H and O–H groups in total. The molecule has 0 unspecified atom stereocenters. The summed E-state index contributed by atoms with van der Waals surface area (Å²) in [5.74, 6) is 0.512. The standard InChI is InChI=1S/C14H17N3O3S/c1-4-17-9-14(15-11(17)3)21(19,20)16-13-7-5-6-12(8-13)10(2)18/h5-9,16H,4H2,1-3H3. The van der Waals surface area contributed by atoms with Gasteiger partial charge in [0.15, 0.2) is 10.8 Å². The van der Waals surface area contributed by atoms with Gasteiger partial charge in [-0.1, -0.05) is 12.1 Å². The number of nitrogens with one attached hydrogen (secondary N) is 1. The number of benzene rings is 1. The number of nitrogens with zero attached hydrogens (tertiary/aromatic N) is 2. The second-order valence-corrected chi connectivity index (χ2v) is 6.28. The molecule has 1 heterocycles. The van der Waals surface area contributed by atoms with E-state index >= 15 is 0 Å². The van der Waals surface area contributed by atoms with Crippen LogP contribution >= 0.6 is 0 Å². The largest absolute Gasteiger partial charge is 0.334 e. The molecule has 0 radical (unpaired) electrons. The first-order valence-electron chi connectivity index (χ1n) is 6.51. The Kier molecular flexibility index (Phi) is 4.13. The molecule has 0 spiro atoms. The van der Waals surface area contributed by atoms with Gasteiger partial charge in [-0.3, -0.25) is 9.52 Å². The van der Waals surface area contributed by atoms with Gasteiger partial charge in [0.2, 0.25) is 0 Å². The van der Waals surface area contributed by atoms with E-state index in [9.17, 15) is 13.2 Å². The number of imidazole rings is 1. The van der Waals surface area contributed by atoms with Crippen LogP contribution in [-0.4, -0.2) is 23.8 Å². The Morgan fingerprint density at radius 2 is 2.10 bits per heavy atom. The topological polar surface area (TPSA) is 81.1 Å². The van der Waals surface area contributed by atoms with Crippen molar-refractivity contribution >= 4 is 21.5 Å². The highest BCUT2D eigenvalue weighted by Crippen LogP contribution is 2.17. The zero-order chi connectivity index (χ0) is 15.6. The molecule has 2 aromatic rings. The molecule has 0 saturated heterocycles. The molecule has 0 fully saturated rings. The lowest BCUT2D eigenvalue weighted by Gasteiger charge is -2.06. The van der Waals surface area contributed by atoms with Gasteiger partial charge in [-0.25, -0.2) is 4.98 Å². The van der Waals surface area contributed by atoms with Crippen LogP contribution in [0.15, 0.2) is 35.5 Å². The molecule has 7 heteroatoms. The Labute approximate surface area is 123 Å². The predicted octanol–water partition coefficient (Wildman–Crippen LogP) is 2.21. The monoisotopic (exact) mass is 307 g/mol. The summed E-state index contributed by atoms with van der Waals surface area (Å²) in [6.07, 6.45) is 1.49. The summed E-state index contributed by atoms with van der Waals surface area (Å²) in [6.45, 7) is 5.74. The van der Waals surface area contributed by atoms with Crippen molar-refractivity contribution in [2.75, 3.05) is 4.72 Å². The number of carbonyl (C=O) groups is 1. The molecule has 6 nitrogen and oxygen atoms in total. The number of ketones is 1. The van der Waals surface area contributed by atoms with Crippen molar-refractivity contribution < 1.29 is 13.2 Å². The fraction of sp³-hybridized carbons (Fsp3) is 0.286. The number of rotatable bonds is 5.